The average Bonchev–Trinajstić information content (AvgIpc) is 2.42. The number of carbonyl (C=O) groups is 1. The molecule has 1 aliphatic rings. The Morgan fingerprint density at radius 1 is 1.20 bits per heavy atom. The van der Waals surface area contributed by atoms with Gasteiger partial charge in [-0.25, -0.2) is 13.1 Å². The molecule has 1 unspecified atom stereocenters. The van der Waals surface area contributed by atoms with Crippen molar-refractivity contribution in [3.8, 4) is 0 Å². The van der Waals surface area contributed by atoms with Crippen LogP contribution in [0.4, 0.5) is 13.2 Å². The van der Waals surface area contributed by atoms with Crippen LogP contribution in [-0.2, 0) is 21.0 Å². The van der Waals surface area contributed by atoms with E-state index < -0.39 is 43.9 Å². The van der Waals surface area contributed by atoms with E-state index in [0.29, 0.717) is 0 Å². The number of carbonyl (C=O) groups excluding carboxylic acids is 1. The Hall–Kier alpha value is -1.41. The van der Waals surface area contributed by atoms with Gasteiger partial charge in [-0.2, -0.15) is 13.2 Å². The molecule has 0 radical (unpaired) electrons. The Balaban J connectivity index is 2.67. The van der Waals surface area contributed by atoms with Gasteiger partial charge < -0.3 is 0 Å². The highest BCUT2D eigenvalue weighted by Gasteiger charge is 2.53. The van der Waals surface area contributed by atoms with Crippen LogP contribution >= 0.6 is 0 Å². The highest BCUT2D eigenvalue weighted by Crippen LogP contribution is 2.41. The number of hydrogen-bond acceptors (Lipinski definition) is 3. The van der Waals surface area contributed by atoms with E-state index in [1.165, 1.54) is 19.9 Å². The third-order valence-electron chi connectivity index (χ3n) is 3.11. The summed E-state index contributed by atoms with van der Waals surface area (Å²) >= 11 is 0. The van der Waals surface area contributed by atoms with Gasteiger partial charge in [-0.3, -0.25) is 4.79 Å². The summed E-state index contributed by atoms with van der Waals surface area (Å²) in [4.78, 5) is 12.1. The highest BCUT2D eigenvalue weighted by molar-refractivity contribution is 7.91. The van der Waals surface area contributed by atoms with Crippen LogP contribution in [0.2, 0.25) is 0 Å². The molecule has 1 atom stereocenters. The second-order valence-electron chi connectivity index (χ2n) is 5.10. The SMILES string of the molecule is CC1(C)NS(=O)(=O)C(c2ccccc2C(F)(F)F)C1=O. The number of Topliss-reactive ketones (excluding diaryl/α,β-unsaturated/α-hetero) is 1. The van der Waals surface area contributed by atoms with E-state index in [4.69, 9.17) is 0 Å². The van der Waals surface area contributed by atoms with Crippen LogP contribution in [0.15, 0.2) is 24.3 Å². The Labute approximate surface area is 114 Å². The first kappa shape index (κ1) is 15.0. The second-order valence-corrected chi connectivity index (χ2v) is 6.87. The van der Waals surface area contributed by atoms with Crippen molar-refractivity contribution >= 4 is 15.8 Å². The molecule has 8 heteroatoms. The van der Waals surface area contributed by atoms with Gasteiger partial charge in [-0.15, -0.1) is 0 Å². The van der Waals surface area contributed by atoms with Crippen molar-refractivity contribution in [3.63, 3.8) is 0 Å². The number of hydrogen-bond donors (Lipinski definition) is 1. The van der Waals surface area contributed by atoms with E-state index in [0.717, 1.165) is 18.2 Å². The summed E-state index contributed by atoms with van der Waals surface area (Å²) in [6.07, 6.45) is -4.72. The normalized spacial score (nSPS) is 24.9. The Morgan fingerprint density at radius 2 is 1.75 bits per heavy atom. The number of ketones is 1. The summed E-state index contributed by atoms with van der Waals surface area (Å²) in [6, 6.07) is 4.21. The lowest BCUT2D eigenvalue weighted by molar-refractivity contribution is -0.138. The lowest BCUT2D eigenvalue weighted by Gasteiger charge is -2.16. The number of halogens is 3. The summed E-state index contributed by atoms with van der Waals surface area (Å²) in [5.74, 6) is -0.797. The van der Waals surface area contributed by atoms with Crippen LogP contribution < -0.4 is 4.72 Å². The molecule has 0 aromatic heterocycles. The van der Waals surface area contributed by atoms with Crippen molar-refractivity contribution in [3.05, 3.63) is 35.4 Å². The maximum atomic E-state index is 12.9. The lowest BCUT2D eigenvalue weighted by atomic mass is 9.92. The van der Waals surface area contributed by atoms with Crippen molar-refractivity contribution in [1.82, 2.24) is 4.72 Å². The fraction of sp³-hybridized carbons (Fsp3) is 0.417. The molecule has 0 bridgehead atoms. The Bertz CT molecular complexity index is 665. The number of rotatable bonds is 1. The minimum absolute atomic E-state index is 0.539. The van der Waals surface area contributed by atoms with Gasteiger partial charge in [-0.1, -0.05) is 18.2 Å². The molecule has 1 heterocycles. The zero-order valence-corrected chi connectivity index (χ0v) is 11.5. The standard InChI is InChI=1S/C12H12F3NO3S/c1-11(2)10(17)9(20(18,19)16-11)7-5-3-4-6-8(7)12(13,14)15/h3-6,9,16H,1-2H3. The molecule has 0 aliphatic carbocycles. The quantitative estimate of drug-likeness (QED) is 0.863. The molecule has 1 fully saturated rings. The van der Waals surface area contributed by atoms with Gasteiger partial charge in [-0.05, 0) is 25.5 Å². The number of benzene rings is 1. The van der Waals surface area contributed by atoms with E-state index in [-0.39, 0.29) is 0 Å². The molecule has 2 rings (SSSR count). The molecule has 1 N–H and O–H groups in total. The van der Waals surface area contributed by atoms with Crippen molar-refractivity contribution < 1.29 is 26.4 Å². The first-order valence-corrected chi connectivity index (χ1v) is 7.25. The Morgan fingerprint density at radius 3 is 2.20 bits per heavy atom. The van der Waals surface area contributed by atoms with Gasteiger partial charge in [0, 0.05) is 0 Å². The van der Waals surface area contributed by atoms with Gasteiger partial charge in [0.15, 0.2) is 11.0 Å². The first-order valence-electron chi connectivity index (χ1n) is 5.70. The molecular weight excluding hydrogens is 295 g/mol. The molecule has 1 aromatic carbocycles. The lowest BCUT2D eigenvalue weighted by Crippen LogP contribution is -2.39. The van der Waals surface area contributed by atoms with Crippen molar-refractivity contribution in [2.45, 2.75) is 30.8 Å². The molecule has 1 aliphatic heterocycles. The monoisotopic (exact) mass is 307 g/mol. The van der Waals surface area contributed by atoms with Gasteiger partial charge in [0.25, 0.3) is 0 Å². The van der Waals surface area contributed by atoms with Crippen molar-refractivity contribution in [2.24, 2.45) is 0 Å². The zero-order chi connectivity index (χ0) is 15.3. The summed E-state index contributed by atoms with van der Waals surface area (Å²) < 4.78 is 64.9. The zero-order valence-electron chi connectivity index (χ0n) is 10.7. The fourth-order valence-electron chi connectivity index (χ4n) is 2.23. The van der Waals surface area contributed by atoms with E-state index in [1.54, 1.807) is 0 Å². The van der Waals surface area contributed by atoms with Crippen LogP contribution in [0.1, 0.15) is 30.2 Å². The fourth-order valence-corrected chi connectivity index (χ4v) is 4.27. The summed E-state index contributed by atoms with van der Waals surface area (Å²) in [6.45, 7) is 2.65. The number of nitrogens with one attached hydrogen (secondary N) is 1. The minimum atomic E-state index is -4.72. The van der Waals surface area contributed by atoms with Crippen LogP contribution in [0, 0.1) is 0 Å². The number of alkyl halides is 3. The predicted molar refractivity (Wildman–Crippen MR) is 65.3 cm³/mol. The van der Waals surface area contributed by atoms with Gasteiger partial charge in [0.2, 0.25) is 10.0 Å². The molecular formula is C12H12F3NO3S. The molecule has 1 aromatic rings. The van der Waals surface area contributed by atoms with Crippen LogP contribution in [-0.4, -0.2) is 19.7 Å². The van der Waals surface area contributed by atoms with Gasteiger partial charge in [0.1, 0.15) is 0 Å². The molecule has 4 nitrogen and oxygen atoms in total. The molecule has 0 amide bonds. The van der Waals surface area contributed by atoms with Crippen molar-refractivity contribution in [2.75, 3.05) is 0 Å². The predicted octanol–water partition coefficient (Wildman–Crippen LogP) is 2.03. The second kappa shape index (κ2) is 4.29. The van der Waals surface area contributed by atoms with Crippen molar-refractivity contribution in [1.29, 1.82) is 0 Å². The molecule has 1 saturated heterocycles. The van der Waals surface area contributed by atoms with E-state index in [9.17, 15) is 26.4 Å². The molecule has 110 valence electrons. The maximum absolute atomic E-state index is 12.9. The largest absolute Gasteiger partial charge is 0.416 e. The van der Waals surface area contributed by atoms with Crippen LogP contribution in [0.25, 0.3) is 0 Å². The summed E-state index contributed by atoms with van der Waals surface area (Å²) in [7, 11) is -4.18. The van der Waals surface area contributed by atoms with Crippen LogP contribution in [0.3, 0.4) is 0 Å². The minimum Gasteiger partial charge on any atom is -0.296 e. The molecule has 0 saturated carbocycles. The van der Waals surface area contributed by atoms with Crippen LogP contribution in [0.5, 0.6) is 0 Å². The first-order chi connectivity index (χ1) is 8.97. The summed E-state index contributed by atoms with van der Waals surface area (Å²) in [5.41, 5.74) is -3.06. The number of sulfonamides is 1. The van der Waals surface area contributed by atoms with E-state index >= 15 is 0 Å². The van der Waals surface area contributed by atoms with E-state index in [1.807, 2.05) is 0 Å². The third kappa shape index (κ3) is 2.33. The van der Waals surface area contributed by atoms with Gasteiger partial charge >= 0.3 is 6.18 Å². The average molecular weight is 307 g/mol. The maximum Gasteiger partial charge on any atom is 0.416 e. The van der Waals surface area contributed by atoms with E-state index in [2.05, 4.69) is 4.72 Å². The van der Waals surface area contributed by atoms with Gasteiger partial charge in [0.05, 0.1) is 11.1 Å². The topological polar surface area (TPSA) is 63.2 Å². The smallest absolute Gasteiger partial charge is 0.296 e. The highest BCUT2D eigenvalue weighted by atomic mass is 32.2. The third-order valence-corrected chi connectivity index (χ3v) is 4.99. The summed E-state index contributed by atoms with van der Waals surface area (Å²) in [5, 5.41) is -1.84. The molecule has 0 spiro atoms. The Kier molecular flexibility index (Phi) is 3.22. The molecule has 20 heavy (non-hydrogen) atoms.